The SMILES string of the molecule is Clc1ccc2ncc(-c3cccc(CN4CCSCC4)c3)n2n1. The van der Waals surface area contributed by atoms with Gasteiger partial charge in [0.1, 0.15) is 5.15 Å². The largest absolute Gasteiger partial charge is 0.297 e. The number of rotatable bonds is 3. The lowest BCUT2D eigenvalue weighted by Crippen LogP contribution is -2.31. The monoisotopic (exact) mass is 344 g/mol. The van der Waals surface area contributed by atoms with Crippen LogP contribution in [0.25, 0.3) is 16.9 Å². The Balaban J connectivity index is 1.65. The van der Waals surface area contributed by atoms with Crippen LogP contribution in [0.3, 0.4) is 0 Å². The second kappa shape index (κ2) is 6.51. The first-order chi connectivity index (χ1) is 11.3. The van der Waals surface area contributed by atoms with Crippen molar-refractivity contribution < 1.29 is 0 Å². The molecule has 4 rings (SSSR count). The summed E-state index contributed by atoms with van der Waals surface area (Å²) >= 11 is 8.07. The molecule has 1 fully saturated rings. The fourth-order valence-electron chi connectivity index (χ4n) is 2.89. The van der Waals surface area contributed by atoms with Crippen molar-refractivity contribution in [3.63, 3.8) is 0 Å². The van der Waals surface area contributed by atoms with Gasteiger partial charge in [0.2, 0.25) is 0 Å². The van der Waals surface area contributed by atoms with Gasteiger partial charge in [-0.15, -0.1) is 0 Å². The van der Waals surface area contributed by atoms with Crippen molar-refractivity contribution in [2.24, 2.45) is 0 Å². The molecule has 23 heavy (non-hydrogen) atoms. The normalized spacial score (nSPS) is 16.0. The molecule has 0 spiro atoms. The standard InChI is InChI=1S/C17H17ClN4S/c18-16-4-5-17-19-11-15(22(17)20-16)14-3-1-2-13(10-14)12-21-6-8-23-9-7-21/h1-5,10-11H,6-9,12H2. The van der Waals surface area contributed by atoms with E-state index in [1.807, 2.05) is 24.0 Å². The van der Waals surface area contributed by atoms with Crippen LogP contribution in [-0.2, 0) is 6.54 Å². The van der Waals surface area contributed by atoms with E-state index in [0.717, 1.165) is 23.4 Å². The highest BCUT2D eigenvalue weighted by molar-refractivity contribution is 7.99. The fraction of sp³-hybridized carbons (Fsp3) is 0.294. The molecule has 4 nitrogen and oxygen atoms in total. The molecule has 0 bridgehead atoms. The molecule has 2 aromatic heterocycles. The molecule has 1 aliphatic rings. The average Bonchev–Trinajstić information content (AvgIpc) is 2.99. The Labute approximate surface area is 144 Å². The summed E-state index contributed by atoms with van der Waals surface area (Å²) in [4.78, 5) is 6.92. The van der Waals surface area contributed by atoms with Gasteiger partial charge in [0.15, 0.2) is 5.65 Å². The number of nitrogens with zero attached hydrogens (tertiary/aromatic N) is 4. The number of benzene rings is 1. The molecule has 1 aromatic carbocycles. The van der Waals surface area contributed by atoms with Gasteiger partial charge in [0.05, 0.1) is 11.9 Å². The lowest BCUT2D eigenvalue weighted by molar-refractivity contribution is 0.294. The summed E-state index contributed by atoms with van der Waals surface area (Å²) in [6, 6.07) is 12.3. The molecule has 0 unspecified atom stereocenters. The summed E-state index contributed by atoms with van der Waals surface area (Å²) in [5.74, 6) is 2.46. The quantitative estimate of drug-likeness (QED) is 0.727. The predicted octanol–water partition coefficient (Wildman–Crippen LogP) is 3.60. The van der Waals surface area contributed by atoms with Gasteiger partial charge in [-0.25, -0.2) is 9.50 Å². The van der Waals surface area contributed by atoms with Crippen molar-refractivity contribution in [2.45, 2.75) is 6.54 Å². The molecule has 118 valence electrons. The van der Waals surface area contributed by atoms with Crippen LogP contribution < -0.4 is 0 Å². The van der Waals surface area contributed by atoms with Crippen LogP contribution in [0.1, 0.15) is 5.56 Å². The van der Waals surface area contributed by atoms with E-state index < -0.39 is 0 Å². The Bertz CT molecular complexity index is 826. The van der Waals surface area contributed by atoms with E-state index in [4.69, 9.17) is 11.6 Å². The molecule has 0 amide bonds. The van der Waals surface area contributed by atoms with Crippen molar-refractivity contribution in [3.05, 3.63) is 53.3 Å². The molecule has 3 heterocycles. The van der Waals surface area contributed by atoms with Gasteiger partial charge < -0.3 is 0 Å². The minimum Gasteiger partial charge on any atom is -0.297 e. The van der Waals surface area contributed by atoms with Crippen LogP contribution in [0, 0.1) is 0 Å². The van der Waals surface area contributed by atoms with Crippen molar-refractivity contribution in [1.29, 1.82) is 0 Å². The number of aromatic nitrogens is 3. The third-order valence-electron chi connectivity index (χ3n) is 4.06. The van der Waals surface area contributed by atoms with Gasteiger partial charge in [0.25, 0.3) is 0 Å². The van der Waals surface area contributed by atoms with Crippen molar-refractivity contribution >= 4 is 29.0 Å². The second-order valence-corrected chi connectivity index (χ2v) is 7.27. The van der Waals surface area contributed by atoms with Gasteiger partial charge in [-0.3, -0.25) is 4.90 Å². The smallest absolute Gasteiger partial charge is 0.154 e. The number of imidazole rings is 1. The summed E-state index contributed by atoms with van der Waals surface area (Å²) in [7, 11) is 0. The Kier molecular flexibility index (Phi) is 4.25. The molecular weight excluding hydrogens is 328 g/mol. The van der Waals surface area contributed by atoms with Gasteiger partial charge in [-0.2, -0.15) is 16.9 Å². The topological polar surface area (TPSA) is 33.4 Å². The highest BCUT2D eigenvalue weighted by Crippen LogP contribution is 2.23. The zero-order valence-electron chi connectivity index (χ0n) is 12.7. The third-order valence-corrected chi connectivity index (χ3v) is 5.21. The summed E-state index contributed by atoms with van der Waals surface area (Å²) in [5.41, 5.74) is 4.23. The van der Waals surface area contributed by atoms with Crippen LogP contribution in [0.15, 0.2) is 42.6 Å². The molecular formula is C17H17ClN4S. The Morgan fingerprint density at radius 1 is 1.13 bits per heavy atom. The molecule has 3 aromatic rings. The van der Waals surface area contributed by atoms with Crippen LogP contribution in [0.2, 0.25) is 5.15 Å². The first kappa shape index (κ1) is 15.0. The van der Waals surface area contributed by atoms with Gasteiger partial charge in [0, 0.05) is 36.7 Å². The van der Waals surface area contributed by atoms with Gasteiger partial charge in [-0.05, 0) is 23.8 Å². The number of hydrogen-bond acceptors (Lipinski definition) is 4. The lowest BCUT2D eigenvalue weighted by atomic mass is 10.1. The number of thioether (sulfide) groups is 1. The lowest BCUT2D eigenvalue weighted by Gasteiger charge is -2.26. The molecule has 1 saturated heterocycles. The zero-order chi connectivity index (χ0) is 15.6. The highest BCUT2D eigenvalue weighted by atomic mass is 35.5. The van der Waals surface area contributed by atoms with Crippen LogP contribution in [-0.4, -0.2) is 44.1 Å². The van der Waals surface area contributed by atoms with E-state index in [-0.39, 0.29) is 0 Å². The zero-order valence-corrected chi connectivity index (χ0v) is 14.2. The summed E-state index contributed by atoms with van der Waals surface area (Å²) in [6.45, 7) is 3.34. The Hall–Kier alpha value is -1.56. The fourth-order valence-corrected chi connectivity index (χ4v) is 4.01. The molecule has 6 heteroatoms. The third kappa shape index (κ3) is 3.22. The maximum absolute atomic E-state index is 6.03. The number of fused-ring (bicyclic) bond motifs is 1. The number of hydrogen-bond donors (Lipinski definition) is 0. The molecule has 0 saturated carbocycles. The number of halogens is 1. The maximum Gasteiger partial charge on any atom is 0.154 e. The van der Waals surface area contributed by atoms with Crippen LogP contribution >= 0.6 is 23.4 Å². The first-order valence-corrected chi connectivity index (χ1v) is 9.22. The van der Waals surface area contributed by atoms with E-state index in [1.54, 1.807) is 10.6 Å². The van der Waals surface area contributed by atoms with Gasteiger partial charge in [-0.1, -0.05) is 29.8 Å². The molecule has 0 N–H and O–H groups in total. The molecule has 0 radical (unpaired) electrons. The van der Waals surface area contributed by atoms with Crippen LogP contribution in [0.5, 0.6) is 0 Å². The molecule has 1 aliphatic heterocycles. The van der Waals surface area contributed by atoms with Gasteiger partial charge >= 0.3 is 0 Å². The Morgan fingerprint density at radius 3 is 2.87 bits per heavy atom. The Morgan fingerprint density at radius 2 is 2.00 bits per heavy atom. The van der Waals surface area contributed by atoms with E-state index in [1.165, 1.54) is 30.2 Å². The first-order valence-electron chi connectivity index (χ1n) is 7.69. The van der Waals surface area contributed by atoms with Crippen LogP contribution in [0.4, 0.5) is 0 Å². The van der Waals surface area contributed by atoms with Crippen molar-refractivity contribution in [1.82, 2.24) is 19.5 Å². The average molecular weight is 345 g/mol. The minimum absolute atomic E-state index is 0.471. The van der Waals surface area contributed by atoms with E-state index >= 15 is 0 Å². The molecule has 0 atom stereocenters. The van der Waals surface area contributed by atoms with E-state index in [9.17, 15) is 0 Å². The summed E-state index contributed by atoms with van der Waals surface area (Å²) in [6.07, 6.45) is 1.86. The maximum atomic E-state index is 6.03. The summed E-state index contributed by atoms with van der Waals surface area (Å²) < 4.78 is 1.80. The summed E-state index contributed by atoms with van der Waals surface area (Å²) in [5, 5.41) is 4.83. The highest BCUT2D eigenvalue weighted by Gasteiger charge is 2.12. The second-order valence-electron chi connectivity index (χ2n) is 5.66. The predicted molar refractivity (Wildman–Crippen MR) is 96.0 cm³/mol. The van der Waals surface area contributed by atoms with Crippen molar-refractivity contribution in [2.75, 3.05) is 24.6 Å². The van der Waals surface area contributed by atoms with E-state index in [0.29, 0.717) is 5.15 Å². The molecule has 0 aliphatic carbocycles. The van der Waals surface area contributed by atoms with Crippen molar-refractivity contribution in [3.8, 4) is 11.3 Å². The van der Waals surface area contributed by atoms with E-state index in [2.05, 4.69) is 39.2 Å². The minimum atomic E-state index is 0.471.